The average molecular weight is 619 g/mol. The molecular weight excluding hydrogens is 564 g/mol. The van der Waals surface area contributed by atoms with Crippen LogP contribution in [0.3, 0.4) is 0 Å². The first-order valence-corrected chi connectivity index (χ1v) is 16.4. The number of nitrogens with one attached hydrogen (secondary N) is 2. The lowest BCUT2D eigenvalue weighted by Gasteiger charge is -2.39. The van der Waals surface area contributed by atoms with Gasteiger partial charge in [0.05, 0.1) is 18.1 Å². The maximum Gasteiger partial charge on any atom is 0.247 e. The van der Waals surface area contributed by atoms with Gasteiger partial charge in [0.2, 0.25) is 17.7 Å². The van der Waals surface area contributed by atoms with E-state index in [1.807, 2.05) is 94.4 Å². The largest absolute Gasteiger partial charge is 0.386 e. The van der Waals surface area contributed by atoms with E-state index >= 15 is 0 Å². The van der Waals surface area contributed by atoms with E-state index in [0.717, 1.165) is 31.4 Å². The smallest absolute Gasteiger partial charge is 0.247 e. The molecule has 0 spiro atoms. The maximum atomic E-state index is 14.0. The number of carbonyl (C=O) groups excluding carboxylic acids is 3. The van der Waals surface area contributed by atoms with Gasteiger partial charge in [0, 0.05) is 18.7 Å². The average Bonchev–Trinajstić information content (AvgIpc) is 3.04. The summed E-state index contributed by atoms with van der Waals surface area (Å²) >= 11 is 0. The van der Waals surface area contributed by atoms with E-state index in [4.69, 9.17) is 0 Å². The summed E-state index contributed by atoms with van der Waals surface area (Å²) in [6.45, 7) is 14.7. The van der Waals surface area contributed by atoms with Gasteiger partial charge in [0.15, 0.2) is 0 Å². The molecule has 3 N–H and O–H groups in total. The molecule has 2 aromatic rings. The van der Waals surface area contributed by atoms with Crippen molar-refractivity contribution >= 4 is 17.7 Å². The predicted octanol–water partition coefficient (Wildman–Crippen LogP) is 5.41. The fraction of sp³-hybridized carbons (Fsp3) is 0.541. The number of nitrogens with zero attached hydrogens (tertiary/aromatic N) is 2. The normalized spacial score (nSPS) is 18.8. The van der Waals surface area contributed by atoms with Gasteiger partial charge in [-0.2, -0.15) is 0 Å². The number of rotatable bonds is 13. The van der Waals surface area contributed by atoms with Crippen LogP contribution in [0.25, 0.3) is 0 Å². The molecule has 0 bridgehead atoms. The molecule has 1 fully saturated rings. The number of carbonyl (C=O) groups is 3. The van der Waals surface area contributed by atoms with E-state index < -0.39 is 24.2 Å². The molecule has 1 heterocycles. The molecule has 0 saturated carbocycles. The van der Waals surface area contributed by atoms with Crippen LogP contribution in [-0.4, -0.2) is 70.4 Å². The van der Waals surface area contributed by atoms with Gasteiger partial charge in [-0.05, 0) is 63.1 Å². The molecule has 3 amide bonds. The first-order valence-electron chi connectivity index (χ1n) is 16.4. The van der Waals surface area contributed by atoms with E-state index in [0.29, 0.717) is 11.1 Å². The van der Waals surface area contributed by atoms with Gasteiger partial charge >= 0.3 is 0 Å². The van der Waals surface area contributed by atoms with Crippen molar-refractivity contribution in [2.24, 2.45) is 11.8 Å². The van der Waals surface area contributed by atoms with Gasteiger partial charge in [-0.25, -0.2) is 0 Å². The highest BCUT2D eigenvalue weighted by molar-refractivity contribution is 5.94. The Labute approximate surface area is 270 Å². The number of hydrogen-bond donors (Lipinski definition) is 3. The Morgan fingerprint density at radius 1 is 0.867 bits per heavy atom. The summed E-state index contributed by atoms with van der Waals surface area (Å²) in [4.78, 5) is 44.9. The number of piperidine rings is 1. The van der Waals surface area contributed by atoms with Crippen LogP contribution in [0.5, 0.6) is 0 Å². The van der Waals surface area contributed by atoms with Crippen LogP contribution in [-0.2, 0) is 14.4 Å². The van der Waals surface area contributed by atoms with Gasteiger partial charge in [-0.15, -0.1) is 0 Å². The van der Waals surface area contributed by atoms with Crippen LogP contribution in [0.15, 0.2) is 72.3 Å². The quantitative estimate of drug-likeness (QED) is 0.261. The number of likely N-dealkylation sites (tertiary alicyclic amines) is 1. The minimum atomic E-state index is -0.957. The lowest BCUT2D eigenvalue weighted by atomic mass is 9.94. The van der Waals surface area contributed by atoms with Gasteiger partial charge in [-0.3, -0.25) is 19.3 Å². The van der Waals surface area contributed by atoms with E-state index in [2.05, 4.69) is 29.4 Å². The molecule has 0 aromatic heterocycles. The monoisotopic (exact) mass is 618 g/mol. The van der Waals surface area contributed by atoms with Gasteiger partial charge in [0.25, 0.3) is 0 Å². The van der Waals surface area contributed by atoms with Gasteiger partial charge in [-0.1, -0.05) is 101 Å². The molecule has 8 nitrogen and oxygen atoms in total. The zero-order chi connectivity index (χ0) is 33.3. The highest BCUT2D eigenvalue weighted by Crippen LogP contribution is 2.29. The second-order valence-electron chi connectivity index (χ2n) is 13.3. The number of amides is 3. The molecule has 3 rings (SSSR count). The van der Waals surface area contributed by atoms with Crippen LogP contribution in [0.2, 0.25) is 0 Å². The standard InChI is InChI=1S/C37H54N4O4/c1-24(2)31(40(8)37(45)32(25(3)4)38-36(44)30-21-15-16-22-41(30)26(5)6)23-27(7)35(43)39-33(28-17-11-9-12-18-28)34(42)29-19-13-10-14-20-29/h9-14,17-20,23-26,30-34,42H,15-16,21-22H2,1-8H3,(H,38,44)(H,39,43)/b27-23+/t30?,31-,32+,33+,34-/m1/s1. The van der Waals surface area contributed by atoms with E-state index in [1.54, 1.807) is 18.9 Å². The molecule has 1 saturated heterocycles. The Bertz CT molecular complexity index is 1280. The van der Waals surface area contributed by atoms with Gasteiger partial charge in [0.1, 0.15) is 12.1 Å². The Hall–Kier alpha value is -3.49. The summed E-state index contributed by atoms with van der Waals surface area (Å²) in [5.41, 5.74) is 1.92. The summed E-state index contributed by atoms with van der Waals surface area (Å²) in [5, 5.41) is 17.4. The molecule has 8 heteroatoms. The molecular formula is C37H54N4O4. The molecule has 0 aliphatic carbocycles. The lowest BCUT2D eigenvalue weighted by molar-refractivity contribution is -0.140. The minimum Gasteiger partial charge on any atom is -0.386 e. The highest BCUT2D eigenvalue weighted by atomic mass is 16.3. The summed E-state index contributed by atoms with van der Waals surface area (Å²) in [6, 6.07) is 16.9. The highest BCUT2D eigenvalue weighted by Gasteiger charge is 2.36. The van der Waals surface area contributed by atoms with E-state index in [1.165, 1.54) is 0 Å². The summed E-state index contributed by atoms with van der Waals surface area (Å²) < 4.78 is 0. The van der Waals surface area contributed by atoms with Crippen molar-refractivity contribution in [3.8, 4) is 0 Å². The van der Waals surface area contributed by atoms with Crippen LogP contribution < -0.4 is 10.6 Å². The van der Waals surface area contributed by atoms with Crippen molar-refractivity contribution in [1.29, 1.82) is 0 Å². The molecule has 5 atom stereocenters. The summed E-state index contributed by atoms with van der Waals surface area (Å²) in [5.74, 6) is -0.729. The van der Waals surface area contributed by atoms with Crippen LogP contribution in [0.4, 0.5) is 0 Å². The first kappa shape index (κ1) is 36.0. The third kappa shape index (κ3) is 9.50. The van der Waals surface area contributed by atoms with Crippen LogP contribution >= 0.6 is 0 Å². The van der Waals surface area contributed by atoms with Crippen molar-refractivity contribution < 1.29 is 19.5 Å². The zero-order valence-electron chi connectivity index (χ0n) is 28.4. The van der Waals surface area contributed by atoms with E-state index in [-0.39, 0.29) is 41.6 Å². The fourth-order valence-electron chi connectivity index (χ4n) is 6.17. The Kier molecular flexibility index (Phi) is 13.4. The van der Waals surface area contributed by atoms with Crippen molar-refractivity contribution in [1.82, 2.24) is 20.4 Å². The molecule has 45 heavy (non-hydrogen) atoms. The second-order valence-corrected chi connectivity index (χ2v) is 13.3. The molecule has 1 aliphatic heterocycles. The lowest BCUT2D eigenvalue weighted by Crippen LogP contribution is -2.58. The Balaban J connectivity index is 1.80. The molecule has 1 unspecified atom stereocenters. The molecule has 246 valence electrons. The first-order chi connectivity index (χ1) is 21.3. The summed E-state index contributed by atoms with van der Waals surface area (Å²) in [7, 11) is 1.74. The number of likely N-dealkylation sites (N-methyl/N-ethyl adjacent to an activating group) is 1. The Morgan fingerprint density at radius 2 is 1.44 bits per heavy atom. The zero-order valence-corrected chi connectivity index (χ0v) is 28.4. The third-order valence-corrected chi connectivity index (χ3v) is 8.90. The van der Waals surface area contributed by atoms with Crippen molar-refractivity contribution in [3.05, 3.63) is 83.4 Å². The number of aliphatic hydroxyl groups is 1. The SMILES string of the molecule is C/C(=C\[C@H](C(C)C)N(C)C(=O)[C@@H](NC(=O)C1CCCCN1C(C)C)C(C)C)C(=O)N[C@@H](c1ccccc1)[C@H](O)c1ccccc1. The van der Waals surface area contributed by atoms with Crippen molar-refractivity contribution in [2.75, 3.05) is 13.6 Å². The minimum absolute atomic E-state index is 0.000167. The third-order valence-electron chi connectivity index (χ3n) is 8.90. The summed E-state index contributed by atoms with van der Waals surface area (Å²) in [6.07, 6.45) is 3.71. The number of aliphatic hydroxyl groups excluding tert-OH is 1. The van der Waals surface area contributed by atoms with Crippen LogP contribution in [0, 0.1) is 11.8 Å². The Morgan fingerprint density at radius 3 is 1.98 bits per heavy atom. The fourth-order valence-corrected chi connectivity index (χ4v) is 6.17. The van der Waals surface area contributed by atoms with Crippen molar-refractivity contribution in [2.45, 2.75) is 104 Å². The van der Waals surface area contributed by atoms with Crippen LogP contribution in [0.1, 0.15) is 91.0 Å². The molecule has 1 aliphatic rings. The number of hydrogen-bond acceptors (Lipinski definition) is 5. The van der Waals surface area contributed by atoms with Crippen molar-refractivity contribution in [3.63, 3.8) is 0 Å². The van der Waals surface area contributed by atoms with Gasteiger partial charge < -0.3 is 20.6 Å². The topological polar surface area (TPSA) is 102 Å². The molecule has 2 aromatic carbocycles. The maximum absolute atomic E-state index is 14.0. The predicted molar refractivity (Wildman–Crippen MR) is 180 cm³/mol. The second kappa shape index (κ2) is 16.7. The molecule has 0 radical (unpaired) electrons. The van der Waals surface area contributed by atoms with E-state index in [9.17, 15) is 19.5 Å². The number of benzene rings is 2.